The fourth-order valence-electron chi connectivity index (χ4n) is 2.69. The van der Waals surface area contributed by atoms with Crippen LogP contribution in [0.1, 0.15) is 44.1 Å². The Labute approximate surface area is 126 Å². The topological polar surface area (TPSA) is 35.5 Å². The first-order valence-corrected chi connectivity index (χ1v) is 7.43. The number of hydrogen-bond acceptors (Lipinski definition) is 3. The number of rotatable bonds is 5. The maximum Gasteiger partial charge on any atom is 0.330 e. The Bertz CT molecular complexity index is 494. The van der Waals surface area contributed by atoms with Crippen LogP contribution in [0.3, 0.4) is 0 Å². The quantitative estimate of drug-likeness (QED) is 0.458. The number of allylic oxidation sites excluding steroid dienone is 1. The molecule has 0 aromatic heterocycles. The summed E-state index contributed by atoms with van der Waals surface area (Å²) in [5.41, 5.74) is 1.33. The Balaban J connectivity index is 1.87. The van der Waals surface area contributed by atoms with Gasteiger partial charge >= 0.3 is 5.97 Å². The van der Waals surface area contributed by atoms with Gasteiger partial charge in [0.15, 0.2) is 0 Å². The molecule has 0 N–H and O–H groups in total. The zero-order valence-electron chi connectivity index (χ0n) is 12.5. The third kappa shape index (κ3) is 4.48. The van der Waals surface area contributed by atoms with Crippen molar-refractivity contribution in [1.29, 1.82) is 0 Å². The van der Waals surface area contributed by atoms with Gasteiger partial charge in [-0.05, 0) is 56.2 Å². The van der Waals surface area contributed by atoms with E-state index in [1.54, 1.807) is 6.26 Å². The van der Waals surface area contributed by atoms with Crippen LogP contribution in [-0.2, 0) is 9.53 Å². The molecule has 112 valence electrons. The normalized spacial score (nSPS) is 22.0. The van der Waals surface area contributed by atoms with Gasteiger partial charge in [-0.25, -0.2) is 4.79 Å². The average Bonchev–Trinajstić information content (AvgIpc) is 2.54. The van der Waals surface area contributed by atoms with E-state index in [-0.39, 0.29) is 12.1 Å². The van der Waals surface area contributed by atoms with Gasteiger partial charge in [0.2, 0.25) is 0 Å². The van der Waals surface area contributed by atoms with Gasteiger partial charge in [-0.1, -0.05) is 24.8 Å². The summed E-state index contributed by atoms with van der Waals surface area (Å²) in [5, 5.41) is 0. The molecule has 0 heterocycles. The Kier molecular flexibility index (Phi) is 5.61. The van der Waals surface area contributed by atoms with Crippen molar-refractivity contribution >= 4 is 5.97 Å². The van der Waals surface area contributed by atoms with Crippen LogP contribution in [0.25, 0.3) is 0 Å². The number of ether oxygens (including phenoxy) is 2. The smallest absolute Gasteiger partial charge is 0.330 e. The van der Waals surface area contributed by atoms with Crippen molar-refractivity contribution in [3.05, 3.63) is 54.8 Å². The Hall–Kier alpha value is -2.03. The maximum absolute atomic E-state index is 11.2. The van der Waals surface area contributed by atoms with E-state index in [9.17, 15) is 4.79 Å². The molecular weight excluding hydrogens is 264 g/mol. The Morgan fingerprint density at radius 1 is 1.19 bits per heavy atom. The van der Waals surface area contributed by atoms with E-state index < -0.39 is 0 Å². The summed E-state index contributed by atoms with van der Waals surface area (Å²) in [6.45, 7) is 5.35. The van der Waals surface area contributed by atoms with E-state index >= 15 is 0 Å². The van der Waals surface area contributed by atoms with Crippen molar-refractivity contribution in [3.8, 4) is 5.75 Å². The van der Waals surface area contributed by atoms with Crippen LogP contribution in [0, 0.1) is 0 Å². The predicted molar refractivity (Wildman–Crippen MR) is 83.2 cm³/mol. The zero-order chi connectivity index (χ0) is 15.1. The van der Waals surface area contributed by atoms with Crippen molar-refractivity contribution in [2.45, 2.75) is 44.6 Å². The van der Waals surface area contributed by atoms with Gasteiger partial charge in [-0.15, -0.1) is 0 Å². The molecule has 0 radical (unpaired) electrons. The highest BCUT2D eigenvalue weighted by molar-refractivity contribution is 5.81. The van der Waals surface area contributed by atoms with Gasteiger partial charge in [-0.3, -0.25) is 0 Å². The van der Waals surface area contributed by atoms with Gasteiger partial charge in [-0.2, -0.15) is 0 Å². The first-order chi connectivity index (χ1) is 10.2. The molecule has 1 aromatic carbocycles. The van der Waals surface area contributed by atoms with Crippen LogP contribution in [0.2, 0.25) is 0 Å². The third-order valence-corrected chi connectivity index (χ3v) is 3.82. The van der Waals surface area contributed by atoms with E-state index in [0.29, 0.717) is 5.92 Å². The van der Waals surface area contributed by atoms with Crippen molar-refractivity contribution in [2.24, 2.45) is 0 Å². The van der Waals surface area contributed by atoms with E-state index in [0.717, 1.165) is 31.4 Å². The maximum atomic E-state index is 11.2. The number of carbonyl (C=O) groups is 1. The number of carbonyl (C=O) groups excluding carboxylic acids is 1. The molecule has 0 atom stereocenters. The van der Waals surface area contributed by atoms with Crippen molar-refractivity contribution in [3.63, 3.8) is 0 Å². The second-order valence-electron chi connectivity index (χ2n) is 5.27. The van der Waals surface area contributed by atoms with E-state index in [4.69, 9.17) is 9.47 Å². The molecule has 0 spiro atoms. The Morgan fingerprint density at radius 2 is 1.86 bits per heavy atom. The predicted octanol–water partition coefficient (Wildman–Crippen LogP) is 4.35. The molecule has 0 amide bonds. The van der Waals surface area contributed by atoms with Crippen LogP contribution >= 0.6 is 0 Å². The molecule has 3 heteroatoms. The molecule has 3 nitrogen and oxygen atoms in total. The largest absolute Gasteiger partial charge is 0.465 e. The summed E-state index contributed by atoms with van der Waals surface area (Å²) in [4.78, 5) is 11.2. The molecule has 21 heavy (non-hydrogen) atoms. The van der Waals surface area contributed by atoms with E-state index in [2.05, 4.69) is 18.7 Å². The average molecular weight is 286 g/mol. The van der Waals surface area contributed by atoms with Crippen molar-refractivity contribution < 1.29 is 14.3 Å². The highest BCUT2D eigenvalue weighted by Crippen LogP contribution is 2.34. The highest BCUT2D eigenvalue weighted by atomic mass is 16.5. The fourth-order valence-corrected chi connectivity index (χ4v) is 2.69. The number of esters is 1. The first-order valence-electron chi connectivity index (χ1n) is 7.43. The molecule has 2 rings (SSSR count). The van der Waals surface area contributed by atoms with Gasteiger partial charge < -0.3 is 9.47 Å². The van der Waals surface area contributed by atoms with Gasteiger partial charge in [0.1, 0.15) is 11.9 Å². The number of benzene rings is 1. The zero-order valence-corrected chi connectivity index (χ0v) is 12.5. The molecule has 0 aliphatic heterocycles. The third-order valence-electron chi connectivity index (χ3n) is 3.82. The van der Waals surface area contributed by atoms with Crippen LogP contribution in [-0.4, -0.2) is 12.1 Å². The first kappa shape index (κ1) is 15.4. The highest BCUT2D eigenvalue weighted by Gasteiger charge is 2.24. The standard InChI is InChI=1S/C18H22O3/c1-3-13-20-16-9-5-14(6-10-16)15-7-11-17(12-8-15)21-18(19)4-2/h3-6,9-10,13,15,17H,2,7-8,11-12H2,1H3. The second-order valence-corrected chi connectivity index (χ2v) is 5.27. The molecule has 1 aliphatic carbocycles. The molecule has 1 aliphatic rings. The second kappa shape index (κ2) is 7.67. The summed E-state index contributed by atoms with van der Waals surface area (Å²) < 4.78 is 10.7. The lowest BCUT2D eigenvalue weighted by atomic mass is 9.83. The summed E-state index contributed by atoms with van der Waals surface area (Å²) in [6, 6.07) is 8.25. The summed E-state index contributed by atoms with van der Waals surface area (Å²) in [5.74, 6) is 1.08. The summed E-state index contributed by atoms with van der Waals surface area (Å²) >= 11 is 0. The lowest BCUT2D eigenvalue weighted by Gasteiger charge is -2.28. The number of hydrogen-bond donors (Lipinski definition) is 0. The molecule has 1 aromatic rings. The molecule has 1 saturated carbocycles. The van der Waals surface area contributed by atoms with Crippen LogP contribution in [0.4, 0.5) is 0 Å². The van der Waals surface area contributed by atoms with Gasteiger partial charge in [0, 0.05) is 6.08 Å². The van der Waals surface area contributed by atoms with Crippen LogP contribution < -0.4 is 4.74 Å². The molecule has 0 unspecified atom stereocenters. The summed E-state index contributed by atoms with van der Waals surface area (Å²) in [6.07, 6.45) is 8.74. The monoisotopic (exact) mass is 286 g/mol. The molecule has 1 fully saturated rings. The van der Waals surface area contributed by atoms with E-state index in [1.165, 1.54) is 11.6 Å². The minimum Gasteiger partial charge on any atom is -0.465 e. The van der Waals surface area contributed by atoms with Gasteiger partial charge in [0.25, 0.3) is 0 Å². The Morgan fingerprint density at radius 3 is 2.43 bits per heavy atom. The van der Waals surface area contributed by atoms with E-state index in [1.807, 2.05) is 25.1 Å². The van der Waals surface area contributed by atoms with Gasteiger partial charge in [0.05, 0.1) is 6.26 Å². The lowest BCUT2D eigenvalue weighted by molar-refractivity contribution is -0.144. The molecule has 0 saturated heterocycles. The van der Waals surface area contributed by atoms with Crippen molar-refractivity contribution in [1.82, 2.24) is 0 Å². The SMILES string of the molecule is C=CC(=O)OC1CCC(c2ccc(OC=CC)cc2)CC1. The molecular formula is C18H22O3. The molecule has 0 bridgehead atoms. The van der Waals surface area contributed by atoms with Crippen LogP contribution in [0.5, 0.6) is 5.75 Å². The lowest BCUT2D eigenvalue weighted by Crippen LogP contribution is -2.23. The minimum atomic E-state index is -0.316. The fraction of sp³-hybridized carbons (Fsp3) is 0.389. The van der Waals surface area contributed by atoms with Crippen LogP contribution in [0.15, 0.2) is 49.3 Å². The van der Waals surface area contributed by atoms with Crippen molar-refractivity contribution in [2.75, 3.05) is 0 Å². The summed E-state index contributed by atoms with van der Waals surface area (Å²) in [7, 11) is 0. The minimum absolute atomic E-state index is 0.0454.